The molecule has 1 atom stereocenters. The third kappa shape index (κ3) is 4.72. The number of amides is 1. The molecule has 1 unspecified atom stereocenters. The molecule has 1 amide bonds. The zero-order valence-electron chi connectivity index (χ0n) is 15.6. The SMILES string of the molecule is CN=C(NCCCc1nc(C)no1)N1CCN(C(=O)C2CCCO2)CC1. The summed E-state index contributed by atoms with van der Waals surface area (Å²) in [6.45, 7) is 6.28. The van der Waals surface area contributed by atoms with Gasteiger partial charge in [-0.3, -0.25) is 9.79 Å². The maximum Gasteiger partial charge on any atom is 0.251 e. The molecule has 2 saturated heterocycles. The zero-order chi connectivity index (χ0) is 18.4. The summed E-state index contributed by atoms with van der Waals surface area (Å²) in [7, 11) is 1.79. The van der Waals surface area contributed by atoms with E-state index in [1.54, 1.807) is 7.05 Å². The summed E-state index contributed by atoms with van der Waals surface area (Å²) in [5.74, 6) is 2.34. The minimum absolute atomic E-state index is 0.139. The highest BCUT2D eigenvalue weighted by Crippen LogP contribution is 2.16. The fraction of sp³-hybridized carbons (Fsp3) is 0.765. The van der Waals surface area contributed by atoms with E-state index in [-0.39, 0.29) is 12.0 Å². The van der Waals surface area contributed by atoms with Gasteiger partial charge in [-0.05, 0) is 26.2 Å². The minimum atomic E-state index is -0.229. The molecular formula is C17H28N6O3. The number of nitrogens with zero attached hydrogens (tertiary/aromatic N) is 5. The Hall–Kier alpha value is -2.16. The smallest absolute Gasteiger partial charge is 0.251 e. The van der Waals surface area contributed by atoms with E-state index < -0.39 is 0 Å². The molecule has 0 aromatic carbocycles. The summed E-state index contributed by atoms with van der Waals surface area (Å²) >= 11 is 0. The highest BCUT2D eigenvalue weighted by Gasteiger charge is 2.30. The van der Waals surface area contributed by atoms with Gasteiger partial charge in [-0.2, -0.15) is 4.98 Å². The Balaban J connectivity index is 1.38. The molecule has 26 heavy (non-hydrogen) atoms. The van der Waals surface area contributed by atoms with Crippen molar-refractivity contribution in [3.8, 4) is 0 Å². The Bertz CT molecular complexity index is 618. The highest BCUT2D eigenvalue weighted by atomic mass is 16.5. The Morgan fingerprint density at radius 1 is 1.31 bits per heavy atom. The van der Waals surface area contributed by atoms with Crippen LogP contribution < -0.4 is 5.32 Å². The second-order valence-electron chi connectivity index (χ2n) is 6.63. The van der Waals surface area contributed by atoms with E-state index in [1.807, 2.05) is 11.8 Å². The van der Waals surface area contributed by atoms with E-state index in [0.29, 0.717) is 31.4 Å². The second-order valence-corrected chi connectivity index (χ2v) is 6.63. The van der Waals surface area contributed by atoms with Gasteiger partial charge in [0.1, 0.15) is 6.10 Å². The summed E-state index contributed by atoms with van der Waals surface area (Å²) in [5, 5.41) is 7.16. The maximum absolute atomic E-state index is 12.4. The van der Waals surface area contributed by atoms with Crippen LogP contribution in [-0.2, 0) is 16.0 Å². The van der Waals surface area contributed by atoms with Gasteiger partial charge < -0.3 is 24.4 Å². The average molecular weight is 364 g/mol. The van der Waals surface area contributed by atoms with Gasteiger partial charge >= 0.3 is 0 Å². The maximum atomic E-state index is 12.4. The normalized spacial score (nSPS) is 21.3. The van der Waals surface area contributed by atoms with Crippen LogP contribution in [0.3, 0.4) is 0 Å². The van der Waals surface area contributed by atoms with Crippen molar-refractivity contribution in [1.29, 1.82) is 0 Å². The quantitative estimate of drug-likeness (QED) is 0.453. The van der Waals surface area contributed by atoms with Crippen LogP contribution in [0.2, 0.25) is 0 Å². The van der Waals surface area contributed by atoms with Crippen LogP contribution in [0.25, 0.3) is 0 Å². The van der Waals surface area contributed by atoms with Gasteiger partial charge in [-0.1, -0.05) is 5.16 Å². The number of aryl methyl sites for hydroxylation is 2. The minimum Gasteiger partial charge on any atom is -0.368 e. The lowest BCUT2D eigenvalue weighted by Crippen LogP contribution is -2.55. The first-order valence-corrected chi connectivity index (χ1v) is 9.32. The summed E-state index contributed by atoms with van der Waals surface area (Å²) in [5.41, 5.74) is 0. The van der Waals surface area contributed by atoms with Crippen LogP contribution in [0, 0.1) is 6.92 Å². The Kier molecular flexibility index (Phi) is 6.43. The van der Waals surface area contributed by atoms with Crippen LogP contribution in [0.1, 0.15) is 31.0 Å². The second kappa shape index (κ2) is 8.98. The van der Waals surface area contributed by atoms with Gasteiger partial charge in [0.25, 0.3) is 5.91 Å². The lowest BCUT2D eigenvalue weighted by Gasteiger charge is -2.37. The Morgan fingerprint density at radius 2 is 2.08 bits per heavy atom. The summed E-state index contributed by atoms with van der Waals surface area (Å²) in [6.07, 6.45) is 3.23. The molecule has 2 aliphatic rings. The number of hydrogen-bond acceptors (Lipinski definition) is 6. The molecule has 0 radical (unpaired) electrons. The first kappa shape index (κ1) is 18.6. The first-order chi connectivity index (χ1) is 12.7. The number of carbonyl (C=O) groups is 1. The molecule has 0 aliphatic carbocycles. The van der Waals surface area contributed by atoms with Crippen LogP contribution >= 0.6 is 0 Å². The van der Waals surface area contributed by atoms with Crippen molar-refractivity contribution in [2.75, 3.05) is 46.4 Å². The van der Waals surface area contributed by atoms with Crippen LogP contribution in [0.5, 0.6) is 0 Å². The van der Waals surface area contributed by atoms with Crippen molar-refractivity contribution in [3.05, 3.63) is 11.7 Å². The number of carbonyl (C=O) groups excluding carboxylic acids is 1. The standard InChI is InChI=1S/C17H28N6O3/c1-13-20-15(26-21-13)6-3-7-19-17(18-2)23-10-8-22(9-11-23)16(24)14-5-4-12-25-14/h14H,3-12H2,1-2H3,(H,18,19). The zero-order valence-corrected chi connectivity index (χ0v) is 15.6. The molecule has 1 aromatic rings. The van der Waals surface area contributed by atoms with Crippen molar-refractivity contribution in [2.45, 2.75) is 38.7 Å². The molecule has 0 saturated carbocycles. The molecule has 0 bridgehead atoms. The Labute approximate surface area is 153 Å². The summed E-state index contributed by atoms with van der Waals surface area (Å²) < 4.78 is 10.6. The molecule has 2 aliphatic heterocycles. The van der Waals surface area contributed by atoms with Crippen LogP contribution in [0.15, 0.2) is 9.52 Å². The van der Waals surface area contributed by atoms with E-state index in [9.17, 15) is 4.79 Å². The average Bonchev–Trinajstić information content (AvgIpc) is 3.33. The van der Waals surface area contributed by atoms with Crippen LogP contribution in [0.4, 0.5) is 0 Å². The Morgan fingerprint density at radius 3 is 2.69 bits per heavy atom. The monoisotopic (exact) mass is 364 g/mol. The molecule has 1 aromatic heterocycles. The largest absolute Gasteiger partial charge is 0.368 e. The van der Waals surface area contributed by atoms with E-state index in [4.69, 9.17) is 9.26 Å². The lowest BCUT2D eigenvalue weighted by molar-refractivity contribution is -0.142. The fourth-order valence-electron chi connectivity index (χ4n) is 3.33. The van der Waals surface area contributed by atoms with Gasteiger partial charge in [-0.15, -0.1) is 0 Å². The van der Waals surface area contributed by atoms with Crippen molar-refractivity contribution in [2.24, 2.45) is 4.99 Å². The van der Waals surface area contributed by atoms with Gasteiger partial charge in [-0.25, -0.2) is 0 Å². The number of aromatic nitrogens is 2. The number of guanidine groups is 1. The topological polar surface area (TPSA) is 96.1 Å². The summed E-state index contributed by atoms with van der Waals surface area (Å²) in [4.78, 5) is 25.1. The van der Waals surface area contributed by atoms with E-state index in [0.717, 1.165) is 51.3 Å². The molecular weight excluding hydrogens is 336 g/mol. The van der Waals surface area contributed by atoms with E-state index in [1.165, 1.54) is 0 Å². The predicted molar refractivity (Wildman–Crippen MR) is 95.8 cm³/mol. The third-order valence-electron chi connectivity index (χ3n) is 4.73. The molecule has 0 spiro atoms. The molecule has 9 heteroatoms. The molecule has 1 N–H and O–H groups in total. The number of ether oxygens (including phenoxy) is 1. The predicted octanol–water partition coefficient (Wildman–Crippen LogP) is 0.209. The number of nitrogens with one attached hydrogen (secondary N) is 1. The van der Waals surface area contributed by atoms with E-state index in [2.05, 4.69) is 25.3 Å². The number of hydrogen-bond donors (Lipinski definition) is 1. The highest BCUT2D eigenvalue weighted by molar-refractivity contribution is 5.82. The molecule has 2 fully saturated rings. The van der Waals surface area contributed by atoms with E-state index >= 15 is 0 Å². The van der Waals surface area contributed by atoms with Gasteiger partial charge in [0.2, 0.25) is 5.89 Å². The van der Waals surface area contributed by atoms with Crippen molar-refractivity contribution < 1.29 is 14.1 Å². The third-order valence-corrected chi connectivity index (χ3v) is 4.73. The van der Waals surface area contributed by atoms with Gasteiger partial charge in [0.05, 0.1) is 0 Å². The number of rotatable bonds is 5. The number of piperazine rings is 1. The van der Waals surface area contributed by atoms with Gasteiger partial charge in [0.15, 0.2) is 11.8 Å². The molecule has 3 rings (SSSR count). The van der Waals surface area contributed by atoms with Gasteiger partial charge in [0, 0.05) is 52.8 Å². The van der Waals surface area contributed by atoms with Crippen LogP contribution in [-0.4, -0.2) is 84.3 Å². The lowest BCUT2D eigenvalue weighted by atomic mass is 10.2. The van der Waals surface area contributed by atoms with Crippen molar-refractivity contribution in [1.82, 2.24) is 25.3 Å². The van der Waals surface area contributed by atoms with Crippen molar-refractivity contribution in [3.63, 3.8) is 0 Å². The summed E-state index contributed by atoms with van der Waals surface area (Å²) in [6, 6.07) is 0. The fourth-order valence-corrected chi connectivity index (χ4v) is 3.33. The number of aliphatic imine (C=N–C) groups is 1. The van der Waals surface area contributed by atoms with Crippen molar-refractivity contribution >= 4 is 11.9 Å². The molecule has 3 heterocycles. The molecule has 144 valence electrons. The molecule has 9 nitrogen and oxygen atoms in total. The first-order valence-electron chi connectivity index (χ1n) is 9.32.